The van der Waals surface area contributed by atoms with Gasteiger partial charge in [-0.1, -0.05) is 35.9 Å². The molecule has 0 amide bonds. The molecule has 0 aliphatic rings. The Morgan fingerprint density at radius 3 is 2.50 bits per heavy atom. The normalized spacial score (nSPS) is 12.7. The minimum absolute atomic E-state index is 0.0696. The lowest BCUT2D eigenvalue weighted by Crippen LogP contribution is -2.17. The van der Waals surface area contributed by atoms with Crippen LogP contribution in [-0.2, 0) is 0 Å². The van der Waals surface area contributed by atoms with Crippen molar-refractivity contribution in [3.8, 4) is 0 Å². The number of oxazole rings is 1. The summed E-state index contributed by atoms with van der Waals surface area (Å²) in [5, 5.41) is 3.30. The Balaban J connectivity index is 2.06. The maximum Gasteiger partial charge on any atom is 0.417 e. The molecule has 102 valence electrons. The van der Waals surface area contributed by atoms with E-state index in [0.717, 1.165) is 11.1 Å². The third kappa shape index (κ3) is 2.26. The number of hydrogen-bond donors (Lipinski definition) is 2. The van der Waals surface area contributed by atoms with E-state index in [-0.39, 0.29) is 6.04 Å². The van der Waals surface area contributed by atoms with Crippen LogP contribution in [0.4, 0.5) is 0 Å². The highest BCUT2D eigenvalue weighted by atomic mass is 16.4. The summed E-state index contributed by atoms with van der Waals surface area (Å²) in [6.45, 7) is 2.07. The Morgan fingerprint density at radius 1 is 1.10 bits per heavy atom. The number of benzene rings is 2. The molecule has 4 nitrogen and oxygen atoms in total. The number of aromatic nitrogens is 1. The van der Waals surface area contributed by atoms with Crippen LogP contribution < -0.4 is 11.1 Å². The van der Waals surface area contributed by atoms with Crippen molar-refractivity contribution >= 4 is 11.1 Å². The van der Waals surface area contributed by atoms with E-state index in [1.54, 1.807) is 0 Å². The highest BCUT2D eigenvalue weighted by Crippen LogP contribution is 2.24. The number of aromatic amines is 1. The van der Waals surface area contributed by atoms with E-state index in [1.165, 1.54) is 11.1 Å². The van der Waals surface area contributed by atoms with Crippen LogP contribution in [0.5, 0.6) is 0 Å². The molecule has 1 atom stereocenters. The Morgan fingerprint density at radius 2 is 1.80 bits per heavy atom. The number of H-pyrrole nitrogens is 1. The molecule has 1 aromatic heterocycles. The zero-order chi connectivity index (χ0) is 14.1. The topological polar surface area (TPSA) is 58.0 Å². The van der Waals surface area contributed by atoms with Crippen LogP contribution in [0.2, 0.25) is 0 Å². The molecule has 20 heavy (non-hydrogen) atoms. The molecule has 2 N–H and O–H groups in total. The predicted molar refractivity (Wildman–Crippen MR) is 78.9 cm³/mol. The van der Waals surface area contributed by atoms with Crippen LogP contribution in [-0.4, -0.2) is 12.0 Å². The first kappa shape index (κ1) is 12.7. The van der Waals surface area contributed by atoms with E-state index >= 15 is 0 Å². The molecule has 0 saturated carbocycles. The van der Waals surface area contributed by atoms with Gasteiger partial charge in [0.1, 0.15) is 0 Å². The van der Waals surface area contributed by atoms with Crippen molar-refractivity contribution in [1.82, 2.24) is 10.3 Å². The van der Waals surface area contributed by atoms with Crippen molar-refractivity contribution in [1.29, 1.82) is 0 Å². The van der Waals surface area contributed by atoms with Crippen LogP contribution in [0.15, 0.2) is 51.7 Å². The maximum absolute atomic E-state index is 11.2. The standard InChI is InChI=1S/C16H16N2O2/c1-10-3-5-11(6-4-10)15(17-2)12-7-8-13-14(9-12)20-16(19)18-13/h3-9,15,17H,1-2H3,(H,18,19). The molecule has 0 fully saturated rings. The van der Waals surface area contributed by atoms with Crippen molar-refractivity contribution in [2.45, 2.75) is 13.0 Å². The summed E-state index contributed by atoms with van der Waals surface area (Å²) in [5.41, 5.74) is 4.77. The van der Waals surface area contributed by atoms with Gasteiger partial charge in [-0.2, -0.15) is 0 Å². The summed E-state index contributed by atoms with van der Waals surface area (Å²) in [5.74, 6) is -0.423. The van der Waals surface area contributed by atoms with Gasteiger partial charge in [0.15, 0.2) is 5.58 Å². The third-order valence-corrected chi connectivity index (χ3v) is 3.48. The molecule has 0 aliphatic heterocycles. The molecular formula is C16H16N2O2. The third-order valence-electron chi connectivity index (χ3n) is 3.48. The smallest absolute Gasteiger partial charge is 0.408 e. The fourth-order valence-corrected chi connectivity index (χ4v) is 2.43. The zero-order valence-electron chi connectivity index (χ0n) is 11.4. The molecule has 3 rings (SSSR count). The number of rotatable bonds is 3. The van der Waals surface area contributed by atoms with Gasteiger partial charge in [0.05, 0.1) is 11.6 Å². The Kier molecular flexibility index (Phi) is 3.16. The van der Waals surface area contributed by atoms with E-state index < -0.39 is 5.76 Å². The molecule has 0 saturated heterocycles. The lowest BCUT2D eigenvalue weighted by molar-refractivity contribution is 0.554. The second kappa shape index (κ2) is 4.98. The molecular weight excluding hydrogens is 252 g/mol. The van der Waals surface area contributed by atoms with Crippen molar-refractivity contribution in [2.75, 3.05) is 7.05 Å². The summed E-state index contributed by atoms with van der Waals surface area (Å²) in [6, 6.07) is 14.2. The van der Waals surface area contributed by atoms with E-state index in [1.807, 2.05) is 25.2 Å². The Labute approximate surface area is 116 Å². The average Bonchev–Trinajstić information content (AvgIpc) is 2.81. The molecule has 0 bridgehead atoms. The Bertz CT molecular complexity index is 784. The summed E-state index contributed by atoms with van der Waals surface area (Å²) in [7, 11) is 1.92. The molecule has 3 aromatic rings. The summed E-state index contributed by atoms with van der Waals surface area (Å²) in [6.07, 6.45) is 0. The van der Waals surface area contributed by atoms with Gasteiger partial charge >= 0.3 is 5.76 Å². The van der Waals surface area contributed by atoms with Crippen molar-refractivity contribution < 1.29 is 4.42 Å². The van der Waals surface area contributed by atoms with Crippen LogP contribution >= 0.6 is 0 Å². The summed E-state index contributed by atoms with van der Waals surface area (Å²) < 4.78 is 5.12. The van der Waals surface area contributed by atoms with Gasteiger partial charge < -0.3 is 9.73 Å². The van der Waals surface area contributed by atoms with Gasteiger partial charge in [-0.25, -0.2) is 4.79 Å². The molecule has 0 radical (unpaired) electrons. The fourth-order valence-electron chi connectivity index (χ4n) is 2.43. The second-order valence-electron chi connectivity index (χ2n) is 4.90. The van der Waals surface area contributed by atoms with Gasteiger partial charge in [0.25, 0.3) is 0 Å². The Hall–Kier alpha value is -2.33. The van der Waals surface area contributed by atoms with Crippen molar-refractivity contribution in [3.63, 3.8) is 0 Å². The molecule has 2 aromatic carbocycles. The molecule has 1 heterocycles. The first-order valence-electron chi connectivity index (χ1n) is 6.54. The number of nitrogens with one attached hydrogen (secondary N) is 2. The molecule has 4 heteroatoms. The first-order valence-corrected chi connectivity index (χ1v) is 6.54. The van der Waals surface area contributed by atoms with E-state index in [4.69, 9.17) is 4.42 Å². The van der Waals surface area contributed by atoms with Gasteiger partial charge in [0.2, 0.25) is 0 Å². The molecule has 0 spiro atoms. The lowest BCUT2D eigenvalue weighted by atomic mass is 9.98. The minimum atomic E-state index is -0.423. The highest BCUT2D eigenvalue weighted by Gasteiger charge is 2.13. The largest absolute Gasteiger partial charge is 0.417 e. The zero-order valence-corrected chi connectivity index (χ0v) is 11.4. The van der Waals surface area contributed by atoms with Crippen LogP contribution in [0, 0.1) is 6.92 Å². The number of aryl methyl sites for hydroxylation is 1. The van der Waals surface area contributed by atoms with Gasteiger partial charge in [-0.05, 0) is 37.2 Å². The molecule has 0 aliphatic carbocycles. The average molecular weight is 268 g/mol. The quantitative estimate of drug-likeness (QED) is 0.768. The lowest BCUT2D eigenvalue weighted by Gasteiger charge is -2.17. The SMILES string of the molecule is CNC(c1ccc(C)cc1)c1ccc2[nH]c(=O)oc2c1. The van der Waals surface area contributed by atoms with E-state index in [9.17, 15) is 4.79 Å². The number of hydrogen-bond acceptors (Lipinski definition) is 3. The van der Waals surface area contributed by atoms with Gasteiger partial charge in [0, 0.05) is 0 Å². The predicted octanol–water partition coefficient (Wildman–Crippen LogP) is 2.74. The van der Waals surface area contributed by atoms with Crippen LogP contribution in [0.3, 0.4) is 0 Å². The summed E-state index contributed by atoms with van der Waals surface area (Å²) >= 11 is 0. The first-order chi connectivity index (χ1) is 9.67. The highest BCUT2D eigenvalue weighted by molar-refractivity contribution is 5.73. The maximum atomic E-state index is 11.2. The van der Waals surface area contributed by atoms with E-state index in [2.05, 4.69) is 41.5 Å². The number of fused-ring (bicyclic) bond motifs is 1. The monoisotopic (exact) mass is 268 g/mol. The van der Waals surface area contributed by atoms with Gasteiger partial charge in [-0.3, -0.25) is 4.98 Å². The van der Waals surface area contributed by atoms with Crippen molar-refractivity contribution in [3.05, 3.63) is 69.7 Å². The van der Waals surface area contributed by atoms with Gasteiger partial charge in [-0.15, -0.1) is 0 Å². The summed E-state index contributed by atoms with van der Waals surface area (Å²) in [4.78, 5) is 13.9. The minimum Gasteiger partial charge on any atom is -0.408 e. The second-order valence-corrected chi connectivity index (χ2v) is 4.90. The molecule has 1 unspecified atom stereocenters. The van der Waals surface area contributed by atoms with Crippen LogP contribution in [0.25, 0.3) is 11.1 Å². The van der Waals surface area contributed by atoms with E-state index in [0.29, 0.717) is 5.58 Å². The van der Waals surface area contributed by atoms with Crippen molar-refractivity contribution in [2.24, 2.45) is 0 Å². The fraction of sp³-hybridized carbons (Fsp3) is 0.188. The van der Waals surface area contributed by atoms with Crippen LogP contribution in [0.1, 0.15) is 22.7 Å².